The van der Waals surface area contributed by atoms with E-state index in [-0.39, 0.29) is 18.3 Å². The van der Waals surface area contributed by atoms with Crippen molar-refractivity contribution in [3.05, 3.63) is 30.9 Å². The molecule has 0 spiro atoms. The highest BCUT2D eigenvalue weighted by atomic mass is 16.5. The van der Waals surface area contributed by atoms with Crippen molar-refractivity contribution in [1.29, 1.82) is 0 Å². The van der Waals surface area contributed by atoms with Crippen molar-refractivity contribution in [2.45, 2.75) is 31.8 Å². The number of rotatable bonds is 6. The smallest absolute Gasteiger partial charge is 0.256 e. The molecule has 5 heterocycles. The highest BCUT2D eigenvalue weighted by Crippen LogP contribution is 2.32. The van der Waals surface area contributed by atoms with Crippen molar-refractivity contribution in [2.24, 2.45) is 0 Å². The number of hydrogen-bond acceptors (Lipinski definition) is 11. The number of hydrogen-bond donors (Lipinski definition) is 3. The van der Waals surface area contributed by atoms with E-state index >= 15 is 0 Å². The van der Waals surface area contributed by atoms with Crippen LogP contribution in [0, 0.1) is 0 Å². The molecule has 3 N–H and O–H groups in total. The Morgan fingerprint density at radius 1 is 1.30 bits per heavy atom. The SMILES string of the molecule is CCNc1nc(-n2cc(-c3cccnn3)nn2)nc2c1ncn2[C@@H]1O[C@H](C(=O)NC)C[C@H]1O. The lowest BCUT2D eigenvalue weighted by atomic mass is 10.2. The van der Waals surface area contributed by atoms with Gasteiger partial charge in [-0.3, -0.25) is 9.36 Å². The molecule has 14 heteroatoms. The van der Waals surface area contributed by atoms with Crippen LogP contribution in [0.3, 0.4) is 0 Å². The van der Waals surface area contributed by atoms with Gasteiger partial charge in [0.1, 0.15) is 23.6 Å². The van der Waals surface area contributed by atoms with Crippen LogP contribution in [0.4, 0.5) is 5.82 Å². The van der Waals surface area contributed by atoms with Gasteiger partial charge in [0.25, 0.3) is 5.95 Å². The zero-order valence-electron chi connectivity index (χ0n) is 17.8. The summed E-state index contributed by atoms with van der Waals surface area (Å²) in [7, 11) is 1.52. The molecule has 0 aromatic carbocycles. The van der Waals surface area contributed by atoms with Gasteiger partial charge in [0, 0.05) is 26.2 Å². The monoisotopic (exact) mass is 451 g/mol. The van der Waals surface area contributed by atoms with Crippen molar-refractivity contribution >= 4 is 22.9 Å². The van der Waals surface area contributed by atoms with Gasteiger partial charge in [0.15, 0.2) is 23.2 Å². The molecule has 14 nitrogen and oxygen atoms in total. The molecule has 1 aliphatic heterocycles. The van der Waals surface area contributed by atoms with Gasteiger partial charge in [-0.25, -0.2) is 4.98 Å². The second kappa shape index (κ2) is 8.48. The average molecular weight is 451 g/mol. The van der Waals surface area contributed by atoms with Crippen LogP contribution in [-0.2, 0) is 9.53 Å². The number of aliphatic hydroxyl groups is 1. The van der Waals surface area contributed by atoms with Gasteiger partial charge in [0.2, 0.25) is 5.91 Å². The molecule has 0 bridgehead atoms. The summed E-state index contributed by atoms with van der Waals surface area (Å²) in [5.41, 5.74) is 1.97. The first-order chi connectivity index (χ1) is 16.1. The van der Waals surface area contributed by atoms with Crippen molar-refractivity contribution in [3.8, 4) is 17.3 Å². The number of likely N-dealkylation sites (N-methyl/N-ethyl adjacent to an activating group) is 1. The number of carbonyl (C=O) groups is 1. The summed E-state index contributed by atoms with van der Waals surface area (Å²) in [4.78, 5) is 25.6. The minimum Gasteiger partial charge on any atom is -0.388 e. The molecule has 33 heavy (non-hydrogen) atoms. The Hall–Kier alpha value is -4.04. The second-order valence-corrected chi connectivity index (χ2v) is 7.32. The number of carbonyl (C=O) groups excluding carboxylic acids is 1. The molecule has 1 fully saturated rings. The Kier molecular flexibility index (Phi) is 5.35. The summed E-state index contributed by atoms with van der Waals surface area (Å²) >= 11 is 0. The maximum atomic E-state index is 12.0. The van der Waals surface area contributed by atoms with Gasteiger partial charge in [-0.15, -0.1) is 10.2 Å². The first kappa shape index (κ1) is 20.8. The third kappa shape index (κ3) is 3.74. The molecule has 4 aromatic rings. The lowest BCUT2D eigenvalue weighted by molar-refractivity contribution is -0.134. The fraction of sp³-hybridized carbons (Fsp3) is 0.368. The van der Waals surface area contributed by atoms with Crippen LogP contribution in [0.2, 0.25) is 0 Å². The zero-order chi connectivity index (χ0) is 22.9. The van der Waals surface area contributed by atoms with E-state index in [0.29, 0.717) is 34.9 Å². The largest absolute Gasteiger partial charge is 0.388 e. The van der Waals surface area contributed by atoms with Crippen molar-refractivity contribution in [1.82, 2.24) is 50.0 Å². The van der Waals surface area contributed by atoms with Gasteiger partial charge in [0.05, 0.1) is 12.5 Å². The van der Waals surface area contributed by atoms with Crippen LogP contribution in [-0.4, -0.2) is 81.5 Å². The quantitative estimate of drug-likeness (QED) is 0.351. The van der Waals surface area contributed by atoms with Crippen molar-refractivity contribution in [2.75, 3.05) is 18.9 Å². The maximum absolute atomic E-state index is 12.0. The van der Waals surface area contributed by atoms with E-state index in [2.05, 4.69) is 46.1 Å². The van der Waals surface area contributed by atoms with Crippen LogP contribution < -0.4 is 10.6 Å². The zero-order valence-corrected chi connectivity index (χ0v) is 17.8. The Bertz CT molecular complexity index is 1290. The summed E-state index contributed by atoms with van der Waals surface area (Å²) in [5, 5.41) is 32.4. The Balaban J connectivity index is 1.56. The maximum Gasteiger partial charge on any atom is 0.256 e. The fourth-order valence-corrected chi connectivity index (χ4v) is 3.63. The average Bonchev–Trinajstić information content (AvgIpc) is 3.57. The topological polar surface area (TPSA) is 171 Å². The number of anilines is 1. The van der Waals surface area contributed by atoms with Gasteiger partial charge in [-0.05, 0) is 19.1 Å². The van der Waals surface area contributed by atoms with Crippen LogP contribution >= 0.6 is 0 Å². The summed E-state index contributed by atoms with van der Waals surface area (Å²) < 4.78 is 8.83. The van der Waals surface area contributed by atoms with Crippen LogP contribution in [0.5, 0.6) is 0 Å². The fourth-order valence-electron chi connectivity index (χ4n) is 3.63. The van der Waals surface area contributed by atoms with Gasteiger partial charge in [-0.2, -0.15) is 19.7 Å². The van der Waals surface area contributed by atoms with Crippen molar-refractivity contribution < 1.29 is 14.6 Å². The highest BCUT2D eigenvalue weighted by molar-refractivity contribution is 5.84. The first-order valence-electron chi connectivity index (χ1n) is 10.3. The number of nitrogens with one attached hydrogen (secondary N) is 2. The van der Waals surface area contributed by atoms with Gasteiger partial charge < -0.3 is 20.5 Å². The molecule has 4 aromatic heterocycles. The summed E-state index contributed by atoms with van der Waals surface area (Å²) in [5.74, 6) is 0.421. The molecule has 1 amide bonds. The number of ether oxygens (including phenoxy) is 1. The standard InChI is InChI=1S/C19H21N11O3/c1-3-21-15-14-16(29(9-22-14)18-12(31)7-13(33-18)17(32)20-2)25-19(24-15)30-8-11(27-28-30)10-5-4-6-23-26-10/h4-6,8-9,12-13,18,31H,3,7H2,1-2H3,(H,20,32)(H,21,24,25)/t12-,13+,18-/m1/s1. The number of imidazole rings is 1. The molecule has 0 saturated carbocycles. The van der Waals surface area contributed by atoms with E-state index in [1.54, 1.807) is 29.1 Å². The van der Waals surface area contributed by atoms with E-state index in [4.69, 9.17) is 4.74 Å². The number of fused-ring (bicyclic) bond motifs is 1. The molecule has 1 saturated heterocycles. The summed E-state index contributed by atoms with van der Waals surface area (Å²) in [6.07, 6.45) is 2.36. The molecule has 0 aliphatic carbocycles. The van der Waals surface area contributed by atoms with E-state index in [9.17, 15) is 9.90 Å². The molecule has 0 radical (unpaired) electrons. The van der Waals surface area contributed by atoms with Crippen LogP contribution in [0.25, 0.3) is 28.5 Å². The first-order valence-corrected chi connectivity index (χ1v) is 10.3. The van der Waals surface area contributed by atoms with Gasteiger partial charge >= 0.3 is 0 Å². The molecular weight excluding hydrogens is 430 g/mol. The third-order valence-electron chi connectivity index (χ3n) is 5.19. The number of aromatic nitrogens is 9. The normalized spacial score (nSPS) is 20.3. The predicted octanol–water partition coefficient (Wildman–Crippen LogP) is -0.310. The minimum atomic E-state index is -0.916. The van der Waals surface area contributed by atoms with Crippen LogP contribution in [0.15, 0.2) is 30.9 Å². The number of aliphatic hydroxyl groups excluding tert-OH is 1. The number of amides is 1. The van der Waals surface area contributed by atoms with E-state index in [0.717, 1.165) is 0 Å². The van der Waals surface area contributed by atoms with E-state index in [1.165, 1.54) is 18.1 Å². The Morgan fingerprint density at radius 2 is 2.18 bits per heavy atom. The minimum absolute atomic E-state index is 0.159. The lowest BCUT2D eigenvalue weighted by Gasteiger charge is -2.17. The van der Waals surface area contributed by atoms with Crippen LogP contribution in [0.1, 0.15) is 19.6 Å². The second-order valence-electron chi connectivity index (χ2n) is 7.32. The number of nitrogens with zero attached hydrogens (tertiary/aromatic N) is 9. The highest BCUT2D eigenvalue weighted by Gasteiger charge is 2.39. The molecule has 170 valence electrons. The van der Waals surface area contributed by atoms with E-state index in [1.807, 2.05) is 6.92 Å². The van der Waals surface area contributed by atoms with E-state index < -0.39 is 18.4 Å². The summed E-state index contributed by atoms with van der Waals surface area (Å²) in [6.45, 7) is 2.53. The molecule has 1 aliphatic rings. The molecule has 3 atom stereocenters. The van der Waals surface area contributed by atoms with Crippen molar-refractivity contribution in [3.63, 3.8) is 0 Å². The molecular formula is C19H21N11O3. The lowest BCUT2D eigenvalue weighted by Crippen LogP contribution is -2.31. The Morgan fingerprint density at radius 3 is 2.94 bits per heavy atom. The van der Waals surface area contributed by atoms with Gasteiger partial charge in [-0.1, -0.05) is 5.21 Å². The third-order valence-corrected chi connectivity index (χ3v) is 5.19. The molecule has 5 rings (SSSR count). The molecule has 0 unspecified atom stereocenters. The predicted molar refractivity (Wildman–Crippen MR) is 114 cm³/mol. The Labute approximate surface area is 187 Å². The summed E-state index contributed by atoms with van der Waals surface area (Å²) in [6, 6.07) is 3.52.